The van der Waals surface area contributed by atoms with Crippen molar-refractivity contribution in [3.05, 3.63) is 22.1 Å². The highest BCUT2D eigenvalue weighted by Gasteiger charge is 2.23. The van der Waals surface area contributed by atoms with E-state index in [0.29, 0.717) is 6.54 Å². The second kappa shape index (κ2) is 7.97. The predicted molar refractivity (Wildman–Crippen MR) is 111 cm³/mol. The van der Waals surface area contributed by atoms with Gasteiger partial charge in [0.1, 0.15) is 23.7 Å². The van der Waals surface area contributed by atoms with Crippen LogP contribution in [0.4, 0.5) is 0 Å². The number of nitrogens with one attached hydrogen (secondary N) is 2. The Morgan fingerprint density at radius 2 is 2.07 bits per heavy atom. The third-order valence-electron chi connectivity index (χ3n) is 5.95. The quantitative estimate of drug-likeness (QED) is 0.595. The summed E-state index contributed by atoms with van der Waals surface area (Å²) in [5, 5.41) is 8.55. The number of hydrogen-bond donors (Lipinski definition) is 2. The van der Waals surface area contributed by atoms with Crippen LogP contribution in [0.1, 0.15) is 46.1 Å². The fraction of sp³-hybridized carbons (Fsp3) is 0.600. The Hall–Kier alpha value is -2.10. The maximum atomic E-state index is 12.6. The molecule has 1 saturated heterocycles. The Balaban J connectivity index is 1.33. The molecule has 29 heavy (non-hydrogen) atoms. The molecule has 5 rings (SSSR count). The first kappa shape index (κ1) is 18.9. The number of hydrogen-bond acceptors (Lipinski definition) is 6. The number of aryl methyl sites for hydroxylation is 3. The Kier molecular flexibility index (Phi) is 5.19. The average molecular weight is 416 g/mol. The second-order valence-corrected chi connectivity index (χ2v) is 9.03. The molecule has 0 spiro atoms. The van der Waals surface area contributed by atoms with Crippen LogP contribution in [0, 0.1) is 6.92 Å². The third kappa shape index (κ3) is 3.62. The van der Waals surface area contributed by atoms with Crippen LogP contribution in [0.25, 0.3) is 15.9 Å². The first-order chi connectivity index (χ1) is 14.2. The fourth-order valence-corrected chi connectivity index (χ4v) is 5.68. The molecule has 0 bridgehead atoms. The van der Waals surface area contributed by atoms with E-state index in [0.717, 1.165) is 73.8 Å². The van der Waals surface area contributed by atoms with Crippen LogP contribution in [-0.2, 0) is 17.6 Å². The lowest BCUT2D eigenvalue weighted by Crippen LogP contribution is -3.14. The molecule has 3 aromatic rings. The number of aromatic nitrogens is 4. The van der Waals surface area contributed by atoms with Gasteiger partial charge in [0, 0.05) is 17.8 Å². The molecule has 0 saturated carbocycles. The Morgan fingerprint density at radius 3 is 2.93 bits per heavy atom. The molecule has 2 aliphatic rings. The molecular formula is C20H27N6O2S+. The molecule has 4 heterocycles. The molecule has 8 nitrogen and oxygen atoms in total. The van der Waals surface area contributed by atoms with Gasteiger partial charge in [0.25, 0.3) is 5.91 Å². The van der Waals surface area contributed by atoms with E-state index in [1.165, 1.54) is 23.3 Å². The van der Waals surface area contributed by atoms with Gasteiger partial charge in [-0.3, -0.25) is 4.79 Å². The Morgan fingerprint density at radius 1 is 1.24 bits per heavy atom. The largest absolute Gasteiger partial charge is 0.370 e. The summed E-state index contributed by atoms with van der Waals surface area (Å²) in [7, 11) is 0. The van der Waals surface area contributed by atoms with E-state index in [1.807, 2.05) is 6.92 Å². The molecule has 154 valence electrons. The summed E-state index contributed by atoms with van der Waals surface area (Å²) in [6.07, 6.45) is 5.56. The first-order valence-electron chi connectivity index (χ1n) is 10.6. The fourth-order valence-electron chi connectivity index (χ4n) is 4.38. The molecule has 2 N–H and O–H groups in total. The number of quaternary nitrogens is 1. The van der Waals surface area contributed by atoms with Gasteiger partial charge in [-0.2, -0.15) is 4.52 Å². The molecule has 3 aromatic heterocycles. The minimum Gasteiger partial charge on any atom is -0.370 e. The summed E-state index contributed by atoms with van der Waals surface area (Å²) in [4.78, 5) is 26.0. The summed E-state index contributed by atoms with van der Waals surface area (Å²) in [5.41, 5.74) is 2.14. The number of carbonyl (C=O) groups is 1. The van der Waals surface area contributed by atoms with Crippen LogP contribution >= 0.6 is 11.3 Å². The molecule has 1 fully saturated rings. The SMILES string of the molecule is Cc1nc2sc3c(c2c2nc(C(=O)NCCC[NH+]4CCOCC4)nn12)CCCC3. The van der Waals surface area contributed by atoms with Crippen molar-refractivity contribution in [3.8, 4) is 0 Å². The van der Waals surface area contributed by atoms with Crippen molar-refractivity contribution in [2.75, 3.05) is 39.4 Å². The maximum absolute atomic E-state index is 12.6. The summed E-state index contributed by atoms with van der Waals surface area (Å²) >= 11 is 1.77. The van der Waals surface area contributed by atoms with Gasteiger partial charge in [0.15, 0.2) is 5.65 Å². The van der Waals surface area contributed by atoms with E-state index < -0.39 is 0 Å². The van der Waals surface area contributed by atoms with E-state index in [2.05, 4.69) is 15.4 Å². The van der Waals surface area contributed by atoms with Crippen molar-refractivity contribution in [3.63, 3.8) is 0 Å². The number of fused-ring (bicyclic) bond motifs is 5. The van der Waals surface area contributed by atoms with Crippen molar-refractivity contribution in [1.82, 2.24) is 24.9 Å². The van der Waals surface area contributed by atoms with Crippen molar-refractivity contribution in [2.45, 2.75) is 39.0 Å². The summed E-state index contributed by atoms with van der Waals surface area (Å²) in [6.45, 7) is 7.38. The van der Waals surface area contributed by atoms with Gasteiger partial charge >= 0.3 is 0 Å². The molecule has 0 radical (unpaired) electrons. The molecular weight excluding hydrogens is 388 g/mol. The minimum absolute atomic E-state index is 0.206. The molecule has 9 heteroatoms. The molecule has 0 unspecified atom stereocenters. The molecule has 1 aliphatic heterocycles. The Labute approximate surface area is 173 Å². The standard InChI is InChI=1S/C20H26N6O2S/c1-13-22-20-16(14-5-2-3-6-15(14)29-20)18-23-17(24-26(13)18)19(27)21-7-4-8-25-9-11-28-12-10-25/h2-12H2,1H3,(H,21,27)/p+1. The van der Waals surface area contributed by atoms with Crippen LogP contribution < -0.4 is 10.2 Å². The summed E-state index contributed by atoms with van der Waals surface area (Å²) in [6, 6.07) is 0. The van der Waals surface area contributed by atoms with Crippen molar-refractivity contribution < 1.29 is 14.4 Å². The van der Waals surface area contributed by atoms with Crippen LogP contribution in [0.15, 0.2) is 0 Å². The highest BCUT2D eigenvalue weighted by molar-refractivity contribution is 7.19. The van der Waals surface area contributed by atoms with Crippen LogP contribution in [0.3, 0.4) is 0 Å². The highest BCUT2D eigenvalue weighted by Crippen LogP contribution is 2.37. The normalized spacial score (nSPS) is 17.7. The number of morpholine rings is 1. The highest BCUT2D eigenvalue weighted by atomic mass is 32.1. The van der Waals surface area contributed by atoms with E-state index in [1.54, 1.807) is 20.8 Å². The van der Waals surface area contributed by atoms with Gasteiger partial charge in [-0.25, -0.2) is 9.97 Å². The third-order valence-corrected chi connectivity index (χ3v) is 7.13. The van der Waals surface area contributed by atoms with Crippen LogP contribution in [0.2, 0.25) is 0 Å². The van der Waals surface area contributed by atoms with E-state index in [4.69, 9.17) is 9.72 Å². The zero-order chi connectivity index (χ0) is 19.8. The topological polar surface area (TPSA) is 85.8 Å². The molecule has 1 amide bonds. The van der Waals surface area contributed by atoms with Gasteiger partial charge in [-0.1, -0.05) is 0 Å². The van der Waals surface area contributed by atoms with E-state index >= 15 is 0 Å². The van der Waals surface area contributed by atoms with Gasteiger partial charge in [-0.15, -0.1) is 16.4 Å². The second-order valence-electron chi connectivity index (χ2n) is 7.94. The van der Waals surface area contributed by atoms with Crippen molar-refractivity contribution in [2.24, 2.45) is 0 Å². The Bertz CT molecular complexity index is 1050. The average Bonchev–Trinajstić information content (AvgIpc) is 3.33. The van der Waals surface area contributed by atoms with E-state index in [-0.39, 0.29) is 11.7 Å². The van der Waals surface area contributed by atoms with Gasteiger partial charge in [0.05, 0.1) is 25.1 Å². The smallest absolute Gasteiger partial charge is 0.290 e. The number of nitrogens with zero attached hydrogens (tertiary/aromatic N) is 4. The number of carbonyl (C=O) groups excluding carboxylic acids is 1. The van der Waals surface area contributed by atoms with Gasteiger partial charge < -0.3 is 15.0 Å². The lowest BCUT2D eigenvalue weighted by atomic mass is 9.97. The summed E-state index contributed by atoms with van der Waals surface area (Å²) < 4.78 is 7.12. The number of thiophene rings is 1. The lowest BCUT2D eigenvalue weighted by Gasteiger charge is -2.23. The van der Waals surface area contributed by atoms with Gasteiger partial charge in [-0.05, 0) is 38.2 Å². The monoisotopic (exact) mass is 415 g/mol. The number of amides is 1. The maximum Gasteiger partial charge on any atom is 0.290 e. The van der Waals surface area contributed by atoms with Crippen molar-refractivity contribution >= 4 is 33.1 Å². The van der Waals surface area contributed by atoms with Crippen LogP contribution in [0.5, 0.6) is 0 Å². The summed E-state index contributed by atoms with van der Waals surface area (Å²) in [5.74, 6) is 0.799. The number of rotatable bonds is 5. The first-order valence-corrected chi connectivity index (χ1v) is 11.4. The predicted octanol–water partition coefficient (Wildman–Crippen LogP) is 0.561. The van der Waals surface area contributed by atoms with E-state index in [9.17, 15) is 4.79 Å². The minimum atomic E-state index is -0.206. The molecule has 0 atom stereocenters. The molecule has 1 aliphatic carbocycles. The van der Waals surface area contributed by atoms with Crippen LogP contribution in [-0.4, -0.2) is 64.9 Å². The zero-order valence-corrected chi connectivity index (χ0v) is 17.6. The molecule has 0 aromatic carbocycles. The van der Waals surface area contributed by atoms with Crippen molar-refractivity contribution in [1.29, 1.82) is 0 Å². The van der Waals surface area contributed by atoms with Gasteiger partial charge in [0.2, 0.25) is 5.82 Å². The lowest BCUT2D eigenvalue weighted by molar-refractivity contribution is -0.908. The zero-order valence-electron chi connectivity index (χ0n) is 16.8. The number of ether oxygens (including phenoxy) is 1.